The van der Waals surface area contributed by atoms with E-state index in [2.05, 4.69) is 37.9 Å². The number of fused-ring (bicyclic) bond motifs is 1. The molecule has 0 radical (unpaired) electrons. The van der Waals surface area contributed by atoms with Crippen molar-refractivity contribution in [3.8, 4) is 0 Å². The second kappa shape index (κ2) is 8.09. The molecule has 0 bridgehead atoms. The lowest BCUT2D eigenvalue weighted by atomic mass is 10.0. The van der Waals surface area contributed by atoms with E-state index in [0.717, 1.165) is 39.1 Å². The van der Waals surface area contributed by atoms with Crippen LogP contribution in [0.1, 0.15) is 28.4 Å². The molecule has 3 heterocycles. The Bertz CT molecular complexity index is 786. The Morgan fingerprint density at radius 3 is 2.48 bits per heavy atom. The van der Waals surface area contributed by atoms with Gasteiger partial charge in [-0.05, 0) is 58.4 Å². The van der Waals surface area contributed by atoms with Crippen LogP contribution in [0.5, 0.6) is 0 Å². The lowest BCUT2D eigenvalue weighted by molar-refractivity contribution is 0.0772. The third-order valence-electron chi connectivity index (χ3n) is 5.82. The molecular formula is C21H25BrN4O. The van der Waals surface area contributed by atoms with Gasteiger partial charge < -0.3 is 15.5 Å². The summed E-state index contributed by atoms with van der Waals surface area (Å²) in [6, 6.07) is 14.1. The van der Waals surface area contributed by atoms with Gasteiger partial charge in [-0.25, -0.2) is 4.98 Å². The van der Waals surface area contributed by atoms with E-state index in [1.807, 2.05) is 35.2 Å². The van der Waals surface area contributed by atoms with Crippen LogP contribution in [0.25, 0.3) is 0 Å². The molecule has 2 unspecified atom stereocenters. The highest BCUT2D eigenvalue weighted by atomic mass is 79.9. The molecule has 5 nitrogen and oxygen atoms in total. The first kappa shape index (κ1) is 18.6. The molecule has 142 valence electrons. The summed E-state index contributed by atoms with van der Waals surface area (Å²) < 4.78 is 0.628. The molecule has 1 aromatic heterocycles. The molecule has 1 aromatic carbocycles. The van der Waals surface area contributed by atoms with E-state index in [1.54, 1.807) is 6.20 Å². The third-order valence-corrected chi connectivity index (χ3v) is 6.45. The van der Waals surface area contributed by atoms with Gasteiger partial charge in [0.05, 0.1) is 5.56 Å². The number of pyridine rings is 1. The van der Waals surface area contributed by atoms with Gasteiger partial charge in [0.25, 0.3) is 5.91 Å². The fourth-order valence-electron chi connectivity index (χ4n) is 4.34. The van der Waals surface area contributed by atoms with Crippen LogP contribution in [0, 0.1) is 11.8 Å². The van der Waals surface area contributed by atoms with Crippen molar-refractivity contribution in [2.45, 2.75) is 12.5 Å². The number of nitrogens with two attached hydrogens (primary N) is 1. The second-order valence-corrected chi connectivity index (χ2v) is 8.39. The molecule has 27 heavy (non-hydrogen) atoms. The zero-order valence-corrected chi connectivity index (χ0v) is 16.9. The number of nitrogens with zero attached hydrogens (tertiary/aromatic N) is 3. The molecule has 1 amide bonds. The normalized spacial score (nSPS) is 23.4. The molecule has 2 aromatic rings. The SMILES string of the molecule is N[C@@H](CCN1CC2CN(C(=O)c3cccnc3Br)CC2C1)c1ccccc1. The Hall–Kier alpha value is -1.76. The summed E-state index contributed by atoms with van der Waals surface area (Å²) in [6.07, 6.45) is 2.66. The molecule has 0 spiro atoms. The lowest BCUT2D eigenvalue weighted by Crippen LogP contribution is -2.34. The summed E-state index contributed by atoms with van der Waals surface area (Å²) in [5, 5.41) is 0. The number of hydrogen-bond donors (Lipinski definition) is 1. The van der Waals surface area contributed by atoms with Crippen LogP contribution in [0.4, 0.5) is 0 Å². The summed E-state index contributed by atoms with van der Waals surface area (Å²) in [6.45, 7) is 4.82. The van der Waals surface area contributed by atoms with Gasteiger partial charge in [0.2, 0.25) is 0 Å². The zero-order chi connectivity index (χ0) is 18.8. The fraction of sp³-hybridized carbons (Fsp3) is 0.429. The molecule has 3 atom stereocenters. The van der Waals surface area contributed by atoms with Crippen LogP contribution in [0.3, 0.4) is 0 Å². The predicted molar refractivity (Wildman–Crippen MR) is 109 cm³/mol. The molecule has 4 rings (SSSR count). The lowest BCUT2D eigenvalue weighted by Gasteiger charge is -2.23. The minimum Gasteiger partial charge on any atom is -0.338 e. The average Bonchev–Trinajstić information content (AvgIpc) is 3.25. The molecule has 2 fully saturated rings. The number of carbonyl (C=O) groups is 1. The van der Waals surface area contributed by atoms with Crippen LogP contribution >= 0.6 is 15.9 Å². The van der Waals surface area contributed by atoms with Gasteiger partial charge >= 0.3 is 0 Å². The van der Waals surface area contributed by atoms with Crippen molar-refractivity contribution in [2.24, 2.45) is 17.6 Å². The van der Waals surface area contributed by atoms with E-state index in [9.17, 15) is 4.79 Å². The number of amides is 1. The van der Waals surface area contributed by atoms with E-state index in [0.29, 0.717) is 22.0 Å². The van der Waals surface area contributed by atoms with Crippen LogP contribution in [-0.4, -0.2) is 53.4 Å². The van der Waals surface area contributed by atoms with Gasteiger partial charge in [-0.3, -0.25) is 4.79 Å². The van der Waals surface area contributed by atoms with E-state index < -0.39 is 0 Å². The maximum absolute atomic E-state index is 12.8. The summed E-state index contributed by atoms with van der Waals surface area (Å²) in [4.78, 5) is 21.5. The second-order valence-electron chi connectivity index (χ2n) is 7.64. The Kier molecular flexibility index (Phi) is 5.57. The van der Waals surface area contributed by atoms with Gasteiger partial charge in [0, 0.05) is 38.4 Å². The Morgan fingerprint density at radius 2 is 1.81 bits per heavy atom. The summed E-state index contributed by atoms with van der Waals surface area (Å²) in [5.41, 5.74) is 8.20. The molecule has 0 saturated carbocycles. The van der Waals surface area contributed by atoms with Crippen LogP contribution < -0.4 is 5.73 Å². The number of likely N-dealkylation sites (tertiary alicyclic amines) is 2. The van der Waals surface area contributed by atoms with Gasteiger partial charge in [-0.1, -0.05) is 30.3 Å². The van der Waals surface area contributed by atoms with Crippen molar-refractivity contribution in [2.75, 3.05) is 32.7 Å². The van der Waals surface area contributed by atoms with E-state index in [4.69, 9.17) is 5.73 Å². The highest BCUT2D eigenvalue weighted by Crippen LogP contribution is 2.33. The predicted octanol–water partition coefficient (Wildman–Crippen LogP) is 2.94. The van der Waals surface area contributed by atoms with Gasteiger partial charge in [0.1, 0.15) is 4.60 Å². The minimum atomic E-state index is 0.0852. The molecule has 2 aliphatic heterocycles. The topological polar surface area (TPSA) is 62.5 Å². The zero-order valence-electron chi connectivity index (χ0n) is 15.3. The van der Waals surface area contributed by atoms with Crippen molar-refractivity contribution in [1.82, 2.24) is 14.8 Å². The maximum Gasteiger partial charge on any atom is 0.256 e. The number of hydrogen-bond acceptors (Lipinski definition) is 4. The minimum absolute atomic E-state index is 0.0852. The largest absolute Gasteiger partial charge is 0.338 e. The number of rotatable bonds is 5. The van der Waals surface area contributed by atoms with E-state index >= 15 is 0 Å². The van der Waals surface area contributed by atoms with Crippen molar-refractivity contribution < 1.29 is 4.79 Å². The molecule has 6 heteroatoms. The molecule has 0 aliphatic carbocycles. The summed E-state index contributed by atoms with van der Waals surface area (Å²) >= 11 is 3.39. The van der Waals surface area contributed by atoms with Crippen molar-refractivity contribution in [3.63, 3.8) is 0 Å². The van der Waals surface area contributed by atoms with Crippen molar-refractivity contribution in [3.05, 3.63) is 64.4 Å². The summed E-state index contributed by atoms with van der Waals surface area (Å²) in [7, 11) is 0. The molecule has 2 aliphatic rings. The Balaban J connectivity index is 1.28. The van der Waals surface area contributed by atoms with Gasteiger partial charge in [-0.2, -0.15) is 0 Å². The molecule has 2 N–H and O–H groups in total. The Morgan fingerprint density at radius 1 is 1.11 bits per heavy atom. The first-order chi connectivity index (χ1) is 13.1. The van der Waals surface area contributed by atoms with E-state index in [1.165, 1.54) is 5.56 Å². The van der Waals surface area contributed by atoms with Crippen LogP contribution in [0.15, 0.2) is 53.3 Å². The highest BCUT2D eigenvalue weighted by Gasteiger charge is 2.41. The first-order valence-electron chi connectivity index (χ1n) is 9.54. The quantitative estimate of drug-likeness (QED) is 0.743. The Labute approximate surface area is 168 Å². The first-order valence-corrected chi connectivity index (χ1v) is 10.3. The maximum atomic E-state index is 12.8. The fourth-order valence-corrected chi connectivity index (χ4v) is 4.76. The van der Waals surface area contributed by atoms with Crippen LogP contribution in [-0.2, 0) is 0 Å². The number of halogens is 1. The number of aromatic nitrogens is 1. The van der Waals surface area contributed by atoms with E-state index in [-0.39, 0.29) is 11.9 Å². The summed E-state index contributed by atoms with van der Waals surface area (Å²) in [5.74, 6) is 1.22. The average molecular weight is 429 g/mol. The molecular weight excluding hydrogens is 404 g/mol. The highest BCUT2D eigenvalue weighted by molar-refractivity contribution is 9.10. The monoisotopic (exact) mass is 428 g/mol. The van der Waals surface area contributed by atoms with Crippen molar-refractivity contribution >= 4 is 21.8 Å². The molecule has 2 saturated heterocycles. The third kappa shape index (κ3) is 4.08. The number of benzene rings is 1. The standard InChI is InChI=1S/C21H25BrN4O/c22-20-18(7-4-9-24-20)21(27)26-13-16-11-25(12-17(16)14-26)10-8-19(23)15-5-2-1-3-6-15/h1-7,9,16-17,19H,8,10-14,23H2/t16?,17?,19-/m0/s1. The van der Waals surface area contributed by atoms with Crippen LogP contribution in [0.2, 0.25) is 0 Å². The van der Waals surface area contributed by atoms with Gasteiger partial charge in [-0.15, -0.1) is 0 Å². The van der Waals surface area contributed by atoms with Gasteiger partial charge in [0.15, 0.2) is 0 Å². The smallest absolute Gasteiger partial charge is 0.256 e. The number of carbonyl (C=O) groups excluding carboxylic acids is 1. The van der Waals surface area contributed by atoms with Crippen molar-refractivity contribution in [1.29, 1.82) is 0 Å².